The molecule has 2 N–H and O–H groups in total. The van der Waals surface area contributed by atoms with Gasteiger partial charge in [0.2, 0.25) is 0 Å². The van der Waals surface area contributed by atoms with Crippen LogP contribution in [-0.2, 0) is 0 Å². The first-order valence-electron chi connectivity index (χ1n) is 2.93. The molecule has 1 aromatic carbocycles. The lowest BCUT2D eigenvalue weighted by Crippen LogP contribution is -1.89. The van der Waals surface area contributed by atoms with Crippen LogP contribution in [0.1, 0.15) is 10.4 Å². The summed E-state index contributed by atoms with van der Waals surface area (Å²) >= 11 is 3.65. The molecule has 0 fully saturated rings. The zero-order valence-electron chi connectivity index (χ0n) is 5.71. The van der Waals surface area contributed by atoms with E-state index in [0.717, 1.165) is 0 Å². The van der Waals surface area contributed by atoms with Gasteiger partial charge in [-0.2, -0.15) is 0 Å². The molecule has 0 heterocycles. The molecular weight excluding hydrogens is 386 g/mol. The van der Waals surface area contributed by atoms with Crippen molar-refractivity contribution in [3.8, 4) is 11.5 Å². The number of hydrogen-bond donors (Lipinski definition) is 2. The van der Waals surface area contributed by atoms with Crippen LogP contribution >= 0.6 is 45.2 Å². The Morgan fingerprint density at radius 3 is 2.33 bits per heavy atom. The first-order chi connectivity index (χ1) is 5.57. The highest BCUT2D eigenvalue weighted by atomic mass is 127. The highest BCUT2D eigenvalue weighted by molar-refractivity contribution is 14.1. The minimum atomic E-state index is -0.232. The summed E-state index contributed by atoms with van der Waals surface area (Å²) in [6.45, 7) is 0. The van der Waals surface area contributed by atoms with Gasteiger partial charge in [0.25, 0.3) is 0 Å². The molecule has 0 aliphatic rings. The molecule has 3 nitrogen and oxygen atoms in total. The predicted molar refractivity (Wildman–Crippen MR) is 60.6 cm³/mol. The molecule has 0 unspecified atom stereocenters. The van der Waals surface area contributed by atoms with Gasteiger partial charge in [-0.1, -0.05) is 0 Å². The smallest absolute Gasteiger partial charge is 0.172 e. The molecule has 64 valence electrons. The predicted octanol–water partition coefficient (Wildman–Crippen LogP) is 2.12. The maximum atomic E-state index is 10.4. The molecule has 0 radical (unpaired) electrons. The van der Waals surface area contributed by atoms with E-state index < -0.39 is 0 Å². The molecule has 0 saturated carbocycles. The monoisotopic (exact) mass is 390 g/mol. The SMILES string of the molecule is O=Cc1cc(I)c(O)c(O)c1I. The quantitative estimate of drug-likeness (QED) is 0.439. The molecule has 0 aliphatic heterocycles. The van der Waals surface area contributed by atoms with E-state index in [9.17, 15) is 15.0 Å². The molecule has 5 heteroatoms. The van der Waals surface area contributed by atoms with Crippen LogP contribution in [0.25, 0.3) is 0 Å². The zero-order valence-corrected chi connectivity index (χ0v) is 10.0. The Labute approximate surface area is 96.1 Å². The van der Waals surface area contributed by atoms with Gasteiger partial charge in [0.1, 0.15) is 0 Å². The normalized spacial score (nSPS) is 9.83. The molecule has 1 aromatic rings. The molecule has 0 amide bonds. The number of phenols is 2. The van der Waals surface area contributed by atoms with E-state index >= 15 is 0 Å². The van der Waals surface area contributed by atoms with Crippen molar-refractivity contribution in [1.82, 2.24) is 0 Å². The second-order valence-electron chi connectivity index (χ2n) is 2.08. The van der Waals surface area contributed by atoms with E-state index in [1.165, 1.54) is 6.07 Å². The maximum Gasteiger partial charge on any atom is 0.172 e. The molecule has 0 saturated heterocycles. The Morgan fingerprint density at radius 1 is 1.25 bits per heavy atom. The zero-order chi connectivity index (χ0) is 9.30. The van der Waals surface area contributed by atoms with Crippen LogP contribution in [0, 0.1) is 7.14 Å². The second-order valence-corrected chi connectivity index (χ2v) is 4.32. The van der Waals surface area contributed by atoms with Crippen molar-refractivity contribution >= 4 is 51.5 Å². The summed E-state index contributed by atoms with van der Waals surface area (Å²) in [7, 11) is 0. The van der Waals surface area contributed by atoms with E-state index in [1.54, 1.807) is 22.6 Å². The highest BCUT2D eigenvalue weighted by Gasteiger charge is 2.12. The van der Waals surface area contributed by atoms with Crippen LogP contribution < -0.4 is 0 Å². The maximum absolute atomic E-state index is 10.4. The Morgan fingerprint density at radius 2 is 1.83 bits per heavy atom. The number of aromatic hydroxyl groups is 2. The largest absolute Gasteiger partial charge is 0.504 e. The Balaban J connectivity index is 3.49. The summed E-state index contributed by atoms with van der Waals surface area (Å²) in [6, 6.07) is 1.52. The average Bonchev–Trinajstić information content (AvgIpc) is 2.08. The number of benzene rings is 1. The van der Waals surface area contributed by atoms with Crippen LogP contribution in [0.2, 0.25) is 0 Å². The second kappa shape index (κ2) is 3.77. The summed E-state index contributed by atoms with van der Waals surface area (Å²) in [5, 5.41) is 18.5. The molecule has 0 bridgehead atoms. The standard InChI is InChI=1S/C7H4I2O3/c8-4-1-3(2-10)5(9)7(12)6(4)11/h1-2,11-12H. The Bertz CT molecular complexity index is 336. The summed E-state index contributed by atoms with van der Waals surface area (Å²) in [5.41, 5.74) is 0.385. The summed E-state index contributed by atoms with van der Waals surface area (Å²) < 4.78 is 0.841. The lowest BCUT2D eigenvalue weighted by Gasteiger charge is -2.04. The topological polar surface area (TPSA) is 57.5 Å². The Hall–Kier alpha value is -0.0500. The van der Waals surface area contributed by atoms with Crippen molar-refractivity contribution in [1.29, 1.82) is 0 Å². The van der Waals surface area contributed by atoms with Gasteiger partial charge < -0.3 is 10.2 Å². The van der Waals surface area contributed by atoms with Crippen molar-refractivity contribution in [3.63, 3.8) is 0 Å². The van der Waals surface area contributed by atoms with E-state index in [1.807, 2.05) is 22.6 Å². The molecule has 0 spiro atoms. The van der Waals surface area contributed by atoms with Gasteiger partial charge in [-0.15, -0.1) is 0 Å². The number of phenolic OH excluding ortho intramolecular Hbond substituents is 2. The third-order valence-electron chi connectivity index (χ3n) is 1.32. The Kier molecular flexibility index (Phi) is 3.16. The summed E-state index contributed by atoms with van der Waals surface area (Å²) in [6.07, 6.45) is 0.642. The van der Waals surface area contributed by atoms with Crippen LogP contribution in [0.5, 0.6) is 11.5 Å². The van der Waals surface area contributed by atoms with Crippen molar-refractivity contribution in [3.05, 3.63) is 18.8 Å². The molecular formula is C7H4I2O3. The van der Waals surface area contributed by atoms with Crippen molar-refractivity contribution in [2.45, 2.75) is 0 Å². The van der Waals surface area contributed by atoms with Gasteiger partial charge in [-0.3, -0.25) is 4.79 Å². The first kappa shape index (κ1) is 10.0. The van der Waals surface area contributed by atoms with Crippen LogP contribution in [-0.4, -0.2) is 16.5 Å². The number of aldehydes is 1. The fraction of sp³-hybridized carbons (Fsp3) is 0. The molecule has 0 atom stereocenters. The number of halogens is 2. The molecule has 0 aromatic heterocycles. The number of carbonyl (C=O) groups excluding carboxylic acids is 1. The van der Waals surface area contributed by atoms with Crippen LogP contribution in [0.15, 0.2) is 6.07 Å². The number of hydrogen-bond acceptors (Lipinski definition) is 3. The summed E-state index contributed by atoms with van der Waals surface area (Å²) in [5.74, 6) is -0.407. The number of carbonyl (C=O) groups is 1. The van der Waals surface area contributed by atoms with E-state index in [-0.39, 0.29) is 11.5 Å². The molecule has 1 rings (SSSR count). The third kappa shape index (κ3) is 1.65. The molecule has 12 heavy (non-hydrogen) atoms. The van der Waals surface area contributed by atoms with Crippen LogP contribution in [0.4, 0.5) is 0 Å². The lowest BCUT2D eigenvalue weighted by atomic mass is 10.2. The van der Waals surface area contributed by atoms with Crippen molar-refractivity contribution in [2.75, 3.05) is 0 Å². The first-order valence-corrected chi connectivity index (χ1v) is 5.08. The van der Waals surface area contributed by atoms with Gasteiger partial charge in [0.05, 0.1) is 7.14 Å². The minimum absolute atomic E-state index is 0.175. The van der Waals surface area contributed by atoms with E-state index in [0.29, 0.717) is 19.0 Å². The van der Waals surface area contributed by atoms with E-state index in [2.05, 4.69) is 0 Å². The lowest BCUT2D eigenvalue weighted by molar-refractivity contribution is 0.112. The van der Waals surface area contributed by atoms with Crippen molar-refractivity contribution in [2.24, 2.45) is 0 Å². The van der Waals surface area contributed by atoms with Gasteiger partial charge in [-0.05, 0) is 51.2 Å². The summed E-state index contributed by atoms with van der Waals surface area (Å²) in [4.78, 5) is 10.4. The van der Waals surface area contributed by atoms with Gasteiger partial charge in [-0.25, -0.2) is 0 Å². The van der Waals surface area contributed by atoms with Gasteiger partial charge in [0.15, 0.2) is 17.8 Å². The third-order valence-corrected chi connectivity index (χ3v) is 3.28. The average molecular weight is 390 g/mol. The van der Waals surface area contributed by atoms with Crippen LogP contribution in [0.3, 0.4) is 0 Å². The van der Waals surface area contributed by atoms with E-state index in [4.69, 9.17) is 0 Å². The van der Waals surface area contributed by atoms with Gasteiger partial charge >= 0.3 is 0 Å². The fourth-order valence-corrected chi connectivity index (χ4v) is 1.84. The highest BCUT2D eigenvalue weighted by Crippen LogP contribution is 2.36. The van der Waals surface area contributed by atoms with Crippen molar-refractivity contribution < 1.29 is 15.0 Å². The number of rotatable bonds is 1. The fourth-order valence-electron chi connectivity index (χ4n) is 0.708. The van der Waals surface area contributed by atoms with Gasteiger partial charge in [0, 0.05) is 5.56 Å². The molecule has 0 aliphatic carbocycles. The minimum Gasteiger partial charge on any atom is -0.504 e.